The van der Waals surface area contributed by atoms with Crippen LogP contribution in [-0.2, 0) is 0 Å². The Morgan fingerprint density at radius 3 is 2.68 bits per heavy atom. The Hall–Kier alpha value is -3.22. The van der Waals surface area contributed by atoms with Gasteiger partial charge in [-0.2, -0.15) is 4.68 Å². The van der Waals surface area contributed by atoms with Gasteiger partial charge < -0.3 is 10.1 Å². The molecule has 7 nitrogen and oxygen atoms in total. The molecule has 7 heteroatoms. The summed E-state index contributed by atoms with van der Waals surface area (Å²) >= 11 is 0. The number of rotatable bonds is 4. The third kappa shape index (κ3) is 2.78. The first-order chi connectivity index (χ1) is 10.8. The maximum Gasteiger partial charge on any atom is 0.255 e. The van der Waals surface area contributed by atoms with Crippen LogP contribution < -0.4 is 10.1 Å². The first-order valence-electron chi connectivity index (χ1n) is 6.56. The van der Waals surface area contributed by atoms with Crippen molar-refractivity contribution < 1.29 is 9.53 Å². The average molecular weight is 295 g/mol. The Kier molecular flexibility index (Phi) is 3.78. The van der Waals surface area contributed by atoms with Gasteiger partial charge in [0, 0.05) is 11.3 Å². The number of amides is 1. The Morgan fingerprint density at radius 2 is 2.00 bits per heavy atom. The molecule has 1 heterocycles. The summed E-state index contributed by atoms with van der Waals surface area (Å²) in [6.07, 6.45) is 1.46. The number of methoxy groups -OCH3 is 1. The summed E-state index contributed by atoms with van der Waals surface area (Å²) in [7, 11) is 1.53. The number of anilines is 1. The number of aromatic nitrogens is 4. The van der Waals surface area contributed by atoms with Crippen molar-refractivity contribution in [3.63, 3.8) is 0 Å². The number of para-hydroxylation sites is 1. The summed E-state index contributed by atoms with van der Waals surface area (Å²) in [6, 6.07) is 14.3. The Morgan fingerprint density at radius 1 is 1.18 bits per heavy atom. The molecule has 0 aliphatic rings. The second-order valence-electron chi connectivity index (χ2n) is 4.46. The lowest BCUT2D eigenvalue weighted by molar-refractivity contribution is 0.102. The monoisotopic (exact) mass is 295 g/mol. The van der Waals surface area contributed by atoms with E-state index in [1.54, 1.807) is 18.2 Å². The molecule has 0 aliphatic carbocycles. The lowest BCUT2D eigenvalue weighted by Gasteiger charge is -2.10. The zero-order chi connectivity index (χ0) is 15.4. The molecular formula is C15H13N5O2. The van der Waals surface area contributed by atoms with Crippen LogP contribution in [0, 0.1) is 0 Å². The summed E-state index contributed by atoms with van der Waals surface area (Å²) in [5, 5.41) is 13.8. The summed E-state index contributed by atoms with van der Waals surface area (Å²) in [6.45, 7) is 0. The Balaban J connectivity index is 1.87. The molecule has 110 valence electrons. The predicted molar refractivity (Wildman–Crippen MR) is 80.1 cm³/mol. The lowest BCUT2D eigenvalue weighted by Crippen LogP contribution is -2.12. The van der Waals surface area contributed by atoms with Crippen LogP contribution in [-0.4, -0.2) is 33.2 Å². The van der Waals surface area contributed by atoms with E-state index in [0.29, 0.717) is 17.0 Å². The van der Waals surface area contributed by atoms with Crippen LogP contribution in [0.2, 0.25) is 0 Å². The van der Waals surface area contributed by atoms with Crippen LogP contribution in [0.5, 0.6) is 5.75 Å². The predicted octanol–water partition coefficient (Wildman–Crippen LogP) is 1.92. The number of hydrogen-bond donors (Lipinski definition) is 1. The van der Waals surface area contributed by atoms with E-state index < -0.39 is 0 Å². The van der Waals surface area contributed by atoms with E-state index in [1.807, 2.05) is 30.3 Å². The molecule has 1 aromatic heterocycles. The minimum atomic E-state index is -0.215. The number of benzene rings is 2. The zero-order valence-electron chi connectivity index (χ0n) is 11.8. The van der Waals surface area contributed by atoms with Gasteiger partial charge in [-0.3, -0.25) is 4.79 Å². The molecular weight excluding hydrogens is 282 g/mol. The highest BCUT2D eigenvalue weighted by atomic mass is 16.5. The van der Waals surface area contributed by atoms with Crippen molar-refractivity contribution in [2.75, 3.05) is 12.4 Å². The zero-order valence-corrected chi connectivity index (χ0v) is 11.8. The fourth-order valence-electron chi connectivity index (χ4n) is 2.00. The first-order valence-corrected chi connectivity index (χ1v) is 6.56. The van der Waals surface area contributed by atoms with Crippen LogP contribution >= 0.6 is 0 Å². The second kappa shape index (κ2) is 6.04. The molecule has 1 amide bonds. The van der Waals surface area contributed by atoms with Gasteiger partial charge in [-0.05, 0) is 40.8 Å². The van der Waals surface area contributed by atoms with Crippen LogP contribution in [0.1, 0.15) is 10.4 Å². The number of carbonyl (C=O) groups is 1. The Bertz CT molecular complexity index is 772. The van der Waals surface area contributed by atoms with Crippen molar-refractivity contribution in [3.05, 3.63) is 60.4 Å². The van der Waals surface area contributed by atoms with E-state index in [2.05, 4.69) is 20.8 Å². The summed E-state index contributed by atoms with van der Waals surface area (Å²) < 4.78 is 6.78. The maximum absolute atomic E-state index is 12.3. The normalized spacial score (nSPS) is 10.2. The van der Waals surface area contributed by atoms with Gasteiger partial charge in [0.25, 0.3) is 5.91 Å². The van der Waals surface area contributed by atoms with Crippen LogP contribution in [0.4, 0.5) is 5.69 Å². The van der Waals surface area contributed by atoms with Crippen LogP contribution in [0.15, 0.2) is 54.9 Å². The van der Waals surface area contributed by atoms with Crippen molar-refractivity contribution in [1.29, 1.82) is 0 Å². The summed E-state index contributed by atoms with van der Waals surface area (Å²) in [5.74, 6) is 0.292. The SMILES string of the molecule is COc1cc(C(=O)Nc2ccccc2)ccc1-n1cnnn1. The quantitative estimate of drug-likeness (QED) is 0.795. The van der Waals surface area contributed by atoms with Crippen molar-refractivity contribution in [3.8, 4) is 11.4 Å². The van der Waals surface area contributed by atoms with Crippen molar-refractivity contribution in [2.45, 2.75) is 0 Å². The van der Waals surface area contributed by atoms with Gasteiger partial charge in [0.1, 0.15) is 17.8 Å². The molecule has 0 atom stereocenters. The minimum absolute atomic E-state index is 0.215. The van der Waals surface area contributed by atoms with E-state index in [4.69, 9.17) is 4.74 Å². The number of carbonyl (C=O) groups excluding carboxylic acids is 1. The number of ether oxygens (including phenoxy) is 1. The minimum Gasteiger partial charge on any atom is -0.494 e. The van der Waals surface area contributed by atoms with Crippen LogP contribution in [0.25, 0.3) is 5.69 Å². The number of nitrogens with one attached hydrogen (secondary N) is 1. The van der Waals surface area contributed by atoms with E-state index in [1.165, 1.54) is 18.1 Å². The highest BCUT2D eigenvalue weighted by Crippen LogP contribution is 2.23. The van der Waals surface area contributed by atoms with E-state index in [0.717, 1.165) is 5.69 Å². The van der Waals surface area contributed by atoms with Crippen molar-refractivity contribution >= 4 is 11.6 Å². The smallest absolute Gasteiger partial charge is 0.255 e. The molecule has 0 spiro atoms. The number of nitrogens with zero attached hydrogens (tertiary/aromatic N) is 4. The summed E-state index contributed by atoms with van der Waals surface area (Å²) in [4.78, 5) is 12.3. The molecule has 1 N–H and O–H groups in total. The number of hydrogen-bond acceptors (Lipinski definition) is 5. The molecule has 22 heavy (non-hydrogen) atoms. The van der Waals surface area contributed by atoms with Gasteiger partial charge in [0.2, 0.25) is 0 Å². The first kappa shape index (κ1) is 13.7. The van der Waals surface area contributed by atoms with E-state index in [-0.39, 0.29) is 5.91 Å². The summed E-state index contributed by atoms with van der Waals surface area (Å²) in [5.41, 5.74) is 1.87. The van der Waals surface area contributed by atoms with Gasteiger partial charge in [-0.25, -0.2) is 0 Å². The Labute approximate surface area is 126 Å². The molecule has 3 aromatic rings. The molecule has 0 saturated heterocycles. The topological polar surface area (TPSA) is 81.9 Å². The molecule has 0 saturated carbocycles. The standard InChI is InChI=1S/C15H13N5O2/c1-22-14-9-11(7-8-13(14)20-10-16-18-19-20)15(21)17-12-5-3-2-4-6-12/h2-10H,1H3,(H,17,21). The van der Waals surface area contributed by atoms with Gasteiger partial charge in [-0.1, -0.05) is 18.2 Å². The lowest BCUT2D eigenvalue weighted by atomic mass is 10.1. The fraction of sp³-hybridized carbons (Fsp3) is 0.0667. The van der Waals surface area contributed by atoms with Crippen LogP contribution in [0.3, 0.4) is 0 Å². The molecule has 3 rings (SSSR count). The average Bonchev–Trinajstić information content (AvgIpc) is 3.09. The van der Waals surface area contributed by atoms with E-state index >= 15 is 0 Å². The third-order valence-electron chi connectivity index (χ3n) is 3.07. The third-order valence-corrected chi connectivity index (χ3v) is 3.07. The van der Waals surface area contributed by atoms with Gasteiger partial charge in [0.15, 0.2) is 0 Å². The molecule has 0 bridgehead atoms. The van der Waals surface area contributed by atoms with Gasteiger partial charge >= 0.3 is 0 Å². The molecule has 2 aromatic carbocycles. The molecule has 0 unspecified atom stereocenters. The largest absolute Gasteiger partial charge is 0.494 e. The fourth-order valence-corrected chi connectivity index (χ4v) is 2.00. The van der Waals surface area contributed by atoms with Gasteiger partial charge in [0.05, 0.1) is 7.11 Å². The maximum atomic E-state index is 12.3. The van der Waals surface area contributed by atoms with E-state index in [9.17, 15) is 4.79 Å². The molecule has 0 radical (unpaired) electrons. The second-order valence-corrected chi connectivity index (χ2v) is 4.46. The van der Waals surface area contributed by atoms with Crippen molar-refractivity contribution in [1.82, 2.24) is 20.2 Å². The highest BCUT2D eigenvalue weighted by Gasteiger charge is 2.12. The molecule has 0 aliphatic heterocycles. The molecule has 0 fully saturated rings. The highest BCUT2D eigenvalue weighted by molar-refractivity contribution is 6.04. The van der Waals surface area contributed by atoms with Crippen molar-refractivity contribution in [2.24, 2.45) is 0 Å². The van der Waals surface area contributed by atoms with Gasteiger partial charge in [-0.15, -0.1) is 5.10 Å². The number of tetrazole rings is 1.